The average Bonchev–Trinajstić information content (AvgIpc) is 2.95. The van der Waals surface area contributed by atoms with E-state index >= 15 is 0 Å². The summed E-state index contributed by atoms with van der Waals surface area (Å²) in [6.45, 7) is 0.951. The molecule has 0 aliphatic carbocycles. The molecular weight excluding hydrogens is 320 g/mol. The second-order valence-electron chi connectivity index (χ2n) is 5.97. The molecule has 4 aromatic rings. The Hall–Kier alpha value is -2.26. The van der Waals surface area contributed by atoms with Crippen molar-refractivity contribution in [3.05, 3.63) is 48.7 Å². The van der Waals surface area contributed by atoms with Crippen LogP contribution in [0.2, 0.25) is 0 Å². The molecule has 122 valence electrons. The van der Waals surface area contributed by atoms with E-state index in [-0.39, 0.29) is 0 Å². The molecule has 0 radical (unpaired) electrons. The van der Waals surface area contributed by atoms with Crippen LogP contribution in [0.5, 0.6) is 5.75 Å². The number of para-hydroxylation sites is 1. The second kappa shape index (κ2) is 6.33. The van der Waals surface area contributed by atoms with E-state index < -0.39 is 0 Å². The van der Waals surface area contributed by atoms with Crippen molar-refractivity contribution < 1.29 is 4.74 Å². The van der Waals surface area contributed by atoms with Gasteiger partial charge in [0.2, 0.25) is 0 Å². The van der Waals surface area contributed by atoms with Crippen LogP contribution in [0.25, 0.3) is 32.7 Å². The molecule has 0 saturated carbocycles. The summed E-state index contributed by atoms with van der Waals surface area (Å²) >= 11 is 5.88. The Morgan fingerprint density at radius 3 is 2.75 bits per heavy atom. The highest BCUT2D eigenvalue weighted by atomic mass is 35.5. The molecule has 0 N–H and O–H groups in total. The number of unbranched alkanes of at least 4 members (excludes halogenated alkanes) is 1. The minimum Gasteiger partial charge on any atom is -0.497 e. The summed E-state index contributed by atoms with van der Waals surface area (Å²) in [5.74, 6) is 1.57. The van der Waals surface area contributed by atoms with Crippen LogP contribution in [-0.4, -0.2) is 22.5 Å². The monoisotopic (exact) mass is 338 g/mol. The molecule has 0 atom stereocenters. The van der Waals surface area contributed by atoms with Gasteiger partial charge < -0.3 is 9.30 Å². The van der Waals surface area contributed by atoms with Gasteiger partial charge in [-0.3, -0.25) is 4.98 Å². The number of fused-ring (bicyclic) bond motifs is 5. The lowest BCUT2D eigenvalue weighted by atomic mass is 10.1. The Morgan fingerprint density at radius 2 is 1.92 bits per heavy atom. The molecule has 0 fully saturated rings. The first-order valence-electron chi connectivity index (χ1n) is 8.23. The van der Waals surface area contributed by atoms with Crippen LogP contribution < -0.4 is 4.74 Å². The Labute approximate surface area is 145 Å². The maximum absolute atomic E-state index is 5.88. The van der Waals surface area contributed by atoms with Gasteiger partial charge in [0, 0.05) is 40.3 Å². The molecule has 0 aliphatic rings. The Kier molecular flexibility index (Phi) is 4.03. The number of nitrogens with zero attached hydrogens (tertiary/aromatic N) is 2. The van der Waals surface area contributed by atoms with Gasteiger partial charge in [-0.1, -0.05) is 18.2 Å². The van der Waals surface area contributed by atoms with E-state index in [4.69, 9.17) is 16.3 Å². The molecule has 2 aromatic heterocycles. The third-order valence-electron chi connectivity index (χ3n) is 4.57. The van der Waals surface area contributed by atoms with Crippen LogP contribution in [-0.2, 0) is 6.54 Å². The minimum atomic E-state index is 0.702. The topological polar surface area (TPSA) is 27.1 Å². The van der Waals surface area contributed by atoms with Gasteiger partial charge in [0.1, 0.15) is 5.75 Å². The number of ether oxygens (including phenoxy) is 1. The number of halogens is 1. The van der Waals surface area contributed by atoms with Crippen molar-refractivity contribution in [3.63, 3.8) is 0 Å². The van der Waals surface area contributed by atoms with Gasteiger partial charge in [-0.2, -0.15) is 0 Å². The highest BCUT2D eigenvalue weighted by Gasteiger charge is 2.14. The van der Waals surface area contributed by atoms with E-state index in [1.807, 2.05) is 18.3 Å². The van der Waals surface area contributed by atoms with E-state index in [1.165, 1.54) is 27.2 Å². The summed E-state index contributed by atoms with van der Waals surface area (Å²) in [5.41, 5.74) is 3.50. The third kappa shape index (κ3) is 2.40. The first-order valence-corrected chi connectivity index (χ1v) is 8.76. The summed E-state index contributed by atoms with van der Waals surface area (Å²) in [6, 6.07) is 14.6. The van der Waals surface area contributed by atoms with Crippen molar-refractivity contribution in [1.29, 1.82) is 0 Å². The average molecular weight is 339 g/mol. The number of pyridine rings is 1. The SMILES string of the molecule is COc1ccc2c(c1)c1cnc3ccccc3c1n2CCCCCl. The van der Waals surface area contributed by atoms with Crippen molar-refractivity contribution in [2.45, 2.75) is 19.4 Å². The fourth-order valence-electron chi connectivity index (χ4n) is 3.43. The minimum absolute atomic E-state index is 0.702. The van der Waals surface area contributed by atoms with Gasteiger partial charge in [0.05, 0.1) is 18.1 Å². The van der Waals surface area contributed by atoms with Gasteiger partial charge >= 0.3 is 0 Å². The number of rotatable bonds is 5. The fourth-order valence-corrected chi connectivity index (χ4v) is 3.61. The van der Waals surface area contributed by atoms with Crippen LogP contribution in [0, 0.1) is 0 Å². The van der Waals surface area contributed by atoms with Crippen molar-refractivity contribution in [3.8, 4) is 5.75 Å². The smallest absolute Gasteiger partial charge is 0.119 e. The van der Waals surface area contributed by atoms with Crippen LogP contribution in [0.3, 0.4) is 0 Å². The lowest BCUT2D eigenvalue weighted by Crippen LogP contribution is -1.99. The number of methoxy groups -OCH3 is 1. The molecule has 0 saturated heterocycles. The zero-order valence-electron chi connectivity index (χ0n) is 13.6. The summed E-state index contributed by atoms with van der Waals surface area (Å²) in [4.78, 5) is 4.65. The number of aromatic nitrogens is 2. The molecule has 24 heavy (non-hydrogen) atoms. The van der Waals surface area contributed by atoms with Crippen LogP contribution in [0.4, 0.5) is 0 Å². The van der Waals surface area contributed by atoms with Gasteiger partial charge in [-0.25, -0.2) is 0 Å². The Bertz CT molecular complexity index is 1020. The number of alkyl halides is 1. The summed E-state index contributed by atoms with van der Waals surface area (Å²) in [5, 5.41) is 3.55. The molecule has 0 unspecified atom stereocenters. The molecular formula is C20H19ClN2O. The van der Waals surface area contributed by atoms with Crippen molar-refractivity contribution >= 4 is 44.3 Å². The summed E-state index contributed by atoms with van der Waals surface area (Å²) < 4.78 is 7.82. The number of hydrogen-bond acceptors (Lipinski definition) is 2. The highest BCUT2D eigenvalue weighted by molar-refractivity contribution is 6.18. The van der Waals surface area contributed by atoms with Gasteiger partial charge in [-0.05, 0) is 37.1 Å². The first kappa shape index (κ1) is 15.3. The molecule has 0 spiro atoms. The quantitative estimate of drug-likeness (QED) is 0.361. The van der Waals surface area contributed by atoms with Crippen molar-refractivity contribution in [2.75, 3.05) is 13.0 Å². The van der Waals surface area contributed by atoms with E-state index in [0.29, 0.717) is 5.88 Å². The molecule has 0 amide bonds. The lowest BCUT2D eigenvalue weighted by Gasteiger charge is -2.09. The van der Waals surface area contributed by atoms with Gasteiger partial charge in [0.25, 0.3) is 0 Å². The predicted octanol–water partition coefficient (Wildman–Crippen LogP) is 5.37. The molecule has 0 bridgehead atoms. The fraction of sp³-hybridized carbons (Fsp3) is 0.250. The molecule has 4 rings (SSSR count). The highest BCUT2D eigenvalue weighted by Crippen LogP contribution is 2.35. The summed E-state index contributed by atoms with van der Waals surface area (Å²) in [6.07, 6.45) is 4.06. The number of aryl methyl sites for hydroxylation is 1. The van der Waals surface area contributed by atoms with Gasteiger partial charge in [-0.15, -0.1) is 11.6 Å². The van der Waals surface area contributed by atoms with Crippen LogP contribution in [0.15, 0.2) is 48.7 Å². The molecule has 2 heterocycles. The molecule has 4 heteroatoms. The molecule has 0 aliphatic heterocycles. The van der Waals surface area contributed by atoms with Gasteiger partial charge in [0.15, 0.2) is 0 Å². The van der Waals surface area contributed by atoms with E-state index in [9.17, 15) is 0 Å². The number of hydrogen-bond donors (Lipinski definition) is 0. The van der Waals surface area contributed by atoms with Crippen molar-refractivity contribution in [2.24, 2.45) is 0 Å². The largest absolute Gasteiger partial charge is 0.497 e. The maximum atomic E-state index is 5.88. The Morgan fingerprint density at radius 1 is 1.04 bits per heavy atom. The van der Waals surface area contributed by atoms with E-state index in [2.05, 4.69) is 39.9 Å². The van der Waals surface area contributed by atoms with E-state index in [1.54, 1.807) is 7.11 Å². The summed E-state index contributed by atoms with van der Waals surface area (Å²) in [7, 11) is 1.70. The standard InChI is InChI=1S/C20H19ClN2O/c1-24-14-8-9-19-16(12-14)17-13-22-18-7-3-2-6-15(18)20(17)23(19)11-5-4-10-21/h2-3,6-9,12-13H,4-5,10-11H2,1H3. The normalized spacial score (nSPS) is 11.6. The molecule has 2 aromatic carbocycles. The van der Waals surface area contributed by atoms with Crippen molar-refractivity contribution in [1.82, 2.24) is 9.55 Å². The molecule has 3 nitrogen and oxygen atoms in total. The second-order valence-corrected chi connectivity index (χ2v) is 6.35. The van der Waals surface area contributed by atoms with Crippen LogP contribution >= 0.6 is 11.6 Å². The lowest BCUT2D eigenvalue weighted by molar-refractivity contribution is 0.415. The predicted molar refractivity (Wildman–Crippen MR) is 101 cm³/mol. The zero-order chi connectivity index (χ0) is 16.5. The van der Waals surface area contributed by atoms with E-state index in [0.717, 1.165) is 30.7 Å². The maximum Gasteiger partial charge on any atom is 0.119 e. The third-order valence-corrected chi connectivity index (χ3v) is 4.83. The van der Waals surface area contributed by atoms with Crippen LogP contribution in [0.1, 0.15) is 12.8 Å². The zero-order valence-corrected chi connectivity index (χ0v) is 14.4. The number of benzene rings is 2. The Balaban J connectivity index is 2.07. The first-order chi connectivity index (χ1) is 11.8.